The zero-order valence-electron chi connectivity index (χ0n) is 15.1. The second-order valence-corrected chi connectivity index (χ2v) is 7.57. The van der Waals surface area contributed by atoms with Crippen LogP contribution >= 0.6 is 0 Å². The fourth-order valence-electron chi connectivity index (χ4n) is 3.37. The third kappa shape index (κ3) is 3.35. The number of carbonyl (C=O) groups excluding carboxylic acids is 1. The van der Waals surface area contributed by atoms with Crippen molar-refractivity contribution in [1.29, 1.82) is 5.26 Å². The van der Waals surface area contributed by atoms with Crippen LogP contribution in [0.5, 0.6) is 0 Å². The van der Waals surface area contributed by atoms with Gasteiger partial charge in [0.05, 0.1) is 17.9 Å². The highest BCUT2D eigenvalue weighted by Gasteiger charge is 2.60. The summed E-state index contributed by atoms with van der Waals surface area (Å²) < 4.78 is 17.4. The molecule has 134 valence electrons. The Labute approximate surface area is 142 Å². The maximum Gasteiger partial charge on any atom is 0.411 e. The van der Waals surface area contributed by atoms with Gasteiger partial charge >= 0.3 is 6.09 Å². The monoisotopic (exact) mass is 338 g/mol. The summed E-state index contributed by atoms with van der Waals surface area (Å²) >= 11 is 0. The minimum atomic E-state index is -0.808. The quantitative estimate of drug-likeness (QED) is 0.615. The van der Waals surface area contributed by atoms with E-state index in [0.29, 0.717) is 6.42 Å². The van der Waals surface area contributed by atoms with Gasteiger partial charge in [0, 0.05) is 0 Å². The highest BCUT2D eigenvalue weighted by atomic mass is 16.8. The lowest BCUT2D eigenvalue weighted by Crippen LogP contribution is -2.48. The van der Waals surface area contributed by atoms with E-state index in [-0.39, 0.29) is 17.7 Å². The average molecular weight is 338 g/mol. The van der Waals surface area contributed by atoms with Crippen LogP contribution in [0.15, 0.2) is 11.8 Å². The van der Waals surface area contributed by atoms with Crippen molar-refractivity contribution >= 4 is 6.09 Å². The van der Waals surface area contributed by atoms with Crippen LogP contribution in [0.1, 0.15) is 48.0 Å². The van der Waals surface area contributed by atoms with Gasteiger partial charge in [-0.25, -0.2) is 4.79 Å². The van der Waals surface area contributed by atoms with Crippen LogP contribution < -0.4 is 0 Å². The Balaban J connectivity index is 2.43. The minimum Gasteiger partial charge on any atom is -0.514 e. The molecule has 2 aliphatic heterocycles. The molecule has 4 atom stereocenters. The van der Waals surface area contributed by atoms with Crippen molar-refractivity contribution in [2.24, 2.45) is 0 Å². The van der Waals surface area contributed by atoms with Crippen molar-refractivity contribution in [1.82, 2.24) is 4.90 Å². The molecule has 2 saturated heterocycles. The van der Waals surface area contributed by atoms with E-state index in [0.717, 1.165) is 6.26 Å². The molecule has 1 N–H and O–H groups in total. The molecule has 0 bridgehead atoms. The van der Waals surface area contributed by atoms with Crippen LogP contribution in [0.25, 0.3) is 0 Å². The molecule has 0 radical (unpaired) electrons. The fourth-order valence-corrected chi connectivity index (χ4v) is 3.37. The Kier molecular flexibility index (Phi) is 4.84. The van der Waals surface area contributed by atoms with Crippen molar-refractivity contribution in [2.45, 2.75) is 83.6 Å². The molecule has 0 aromatic carbocycles. The molecule has 2 fully saturated rings. The number of nitrogens with zero attached hydrogens (tertiary/aromatic N) is 2. The fraction of sp³-hybridized carbons (Fsp3) is 0.765. The molecule has 0 saturated carbocycles. The van der Waals surface area contributed by atoms with E-state index in [1.165, 1.54) is 4.90 Å². The zero-order valence-corrected chi connectivity index (χ0v) is 15.1. The number of hydrogen-bond donors (Lipinski definition) is 1. The summed E-state index contributed by atoms with van der Waals surface area (Å²) in [6.45, 7) is 10.9. The first-order chi connectivity index (χ1) is 11.0. The number of rotatable bonds is 2. The number of aliphatic hydroxyl groups excluding tert-OH is 1. The van der Waals surface area contributed by atoms with Crippen LogP contribution in [0.4, 0.5) is 4.79 Å². The largest absolute Gasteiger partial charge is 0.514 e. The van der Waals surface area contributed by atoms with Gasteiger partial charge in [-0.2, -0.15) is 5.26 Å². The van der Waals surface area contributed by atoms with Gasteiger partial charge in [0.1, 0.15) is 29.9 Å². The molecule has 7 nitrogen and oxygen atoms in total. The number of fused-ring (bicyclic) bond motifs is 1. The van der Waals surface area contributed by atoms with Gasteiger partial charge in [0.15, 0.2) is 5.79 Å². The summed E-state index contributed by atoms with van der Waals surface area (Å²) in [6.07, 6.45) is -0.124. The average Bonchev–Trinajstić information content (AvgIpc) is 2.89. The lowest BCUT2D eigenvalue weighted by atomic mass is 10.0. The zero-order chi connectivity index (χ0) is 18.3. The maximum atomic E-state index is 12.7. The molecule has 0 aromatic heterocycles. The first-order valence-electron chi connectivity index (χ1n) is 8.16. The number of likely N-dealkylation sites (tertiary alicyclic amines) is 1. The highest BCUT2D eigenvalue weighted by molar-refractivity contribution is 5.71. The number of ether oxygens (including phenoxy) is 3. The number of nitriles is 1. The van der Waals surface area contributed by atoms with E-state index in [4.69, 9.17) is 14.2 Å². The molecule has 1 amide bonds. The van der Waals surface area contributed by atoms with Gasteiger partial charge in [0.25, 0.3) is 0 Å². The summed E-state index contributed by atoms with van der Waals surface area (Å²) in [4.78, 5) is 14.2. The third-order valence-corrected chi connectivity index (χ3v) is 4.12. The molecule has 0 aromatic rings. The smallest absolute Gasteiger partial charge is 0.411 e. The van der Waals surface area contributed by atoms with Gasteiger partial charge in [-0.3, -0.25) is 4.90 Å². The normalized spacial score (nSPS) is 32.4. The Morgan fingerprint density at radius 1 is 1.38 bits per heavy atom. The number of hydrogen-bond acceptors (Lipinski definition) is 6. The van der Waals surface area contributed by atoms with Crippen LogP contribution in [0.2, 0.25) is 0 Å². The van der Waals surface area contributed by atoms with Crippen molar-refractivity contribution in [3.05, 3.63) is 11.8 Å². The van der Waals surface area contributed by atoms with Crippen molar-refractivity contribution in [2.75, 3.05) is 0 Å². The van der Waals surface area contributed by atoms with E-state index < -0.39 is 29.6 Å². The van der Waals surface area contributed by atoms with Gasteiger partial charge < -0.3 is 19.3 Å². The van der Waals surface area contributed by atoms with Gasteiger partial charge in [-0.15, -0.1) is 0 Å². The van der Waals surface area contributed by atoms with Gasteiger partial charge in [-0.1, -0.05) is 6.92 Å². The summed E-state index contributed by atoms with van der Waals surface area (Å²) in [5, 5.41) is 18.8. The molecule has 2 aliphatic rings. The predicted octanol–water partition coefficient (Wildman–Crippen LogP) is 2.87. The summed E-state index contributed by atoms with van der Waals surface area (Å²) in [7, 11) is 0. The van der Waals surface area contributed by atoms with Gasteiger partial charge in [-0.05, 0) is 41.0 Å². The van der Waals surface area contributed by atoms with Gasteiger partial charge in [0.2, 0.25) is 0 Å². The minimum absolute atomic E-state index is 0.0492. The Bertz CT molecular complexity index is 573. The summed E-state index contributed by atoms with van der Waals surface area (Å²) in [6, 6.07) is 0.903. The number of carbonyl (C=O) groups is 1. The van der Waals surface area contributed by atoms with E-state index in [1.54, 1.807) is 34.6 Å². The Morgan fingerprint density at radius 3 is 2.42 bits per heavy atom. The summed E-state index contributed by atoms with van der Waals surface area (Å²) in [5.41, 5.74) is -0.623. The maximum absolute atomic E-state index is 12.7. The van der Waals surface area contributed by atoms with Crippen LogP contribution in [0, 0.1) is 11.3 Å². The Morgan fingerprint density at radius 2 is 1.96 bits per heavy atom. The number of amides is 1. The predicted molar refractivity (Wildman–Crippen MR) is 86.1 cm³/mol. The molecular weight excluding hydrogens is 312 g/mol. The van der Waals surface area contributed by atoms with E-state index in [9.17, 15) is 15.2 Å². The first kappa shape index (κ1) is 18.6. The molecule has 24 heavy (non-hydrogen) atoms. The van der Waals surface area contributed by atoms with Crippen LogP contribution in [-0.4, -0.2) is 51.8 Å². The molecule has 2 rings (SSSR count). The van der Waals surface area contributed by atoms with E-state index >= 15 is 0 Å². The van der Waals surface area contributed by atoms with Crippen LogP contribution in [-0.2, 0) is 14.2 Å². The van der Waals surface area contributed by atoms with E-state index in [2.05, 4.69) is 0 Å². The molecule has 0 unspecified atom stereocenters. The SMILES string of the molecule is CC[C@@H]1[C@H]2OC(C)(C)O[C@H]2[C@H](/C(C#N)=C/O)N1C(=O)OC(C)(C)C. The standard InChI is InChI=1S/C17H26N2O5/c1-7-11-13-14(23-17(5,6)22-13)12(10(8-18)9-20)19(11)15(21)24-16(2,3)4/h9,11-14,20H,7H2,1-6H3/b10-9+/t11-,12+,13-,14+/m1/s1. The highest BCUT2D eigenvalue weighted by Crippen LogP contribution is 2.44. The second kappa shape index (κ2) is 6.26. The second-order valence-electron chi connectivity index (χ2n) is 7.57. The first-order valence-corrected chi connectivity index (χ1v) is 8.16. The number of aliphatic hydroxyl groups is 1. The Hall–Kier alpha value is -1.78. The van der Waals surface area contributed by atoms with Crippen molar-refractivity contribution in [3.63, 3.8) is 0 Å². The van der Waals surface area contributed by atoms with Crippen molar-refractivity contribution < 1.29 is 24.1 Å². The lowest BCUT2D eigenvalue weighted by molar-refractivity contribution is -0.164. The topological polar surface area (TPSA) is 92.0 Å². The van der Waals surface area contributed by atoms with Crippen molar-refractivity contribution in [3.8, 4) is 6.07 Å². The van der Waals surface area contributed by atoms with E-state index in [1.807, 2.05) is 13.0 Å². The molecular formula is C17H26N2O5. The molecule has 0 aliphatic carbocycles. The molecule has 0 spiro atoms. The molecule has 2 heterocycles. The third-order valence-electron chi connectivity index (χ3n) is 4.12. The summed E-state index contributed by atoms with van der Waals surface area (Å²) in [5.74, 6) is -0.808. The van der Waals surface area contributed by atoms with Crippen LogP contribution in [0.3, 0.4) is 0 Å². The lowest BCUT2D eigenvalue weighted by Gasteiger charge is -2.34. The molecule has 7 heteroatoms.